The number of fused-ring (bicyclic) bond motifs is 3. The Morgan fingerprint density at radius 2 is 1.95 bits per heavy atom. The van der Waals surface area contributed by atoms with Crippen molar-refractivity contribution in [2.24, 2.45) is 0 Å². The largest absolute Gasteiger partial charge is 0.497 e. The van der Waals surface area contributed by atoms with Crippen molar-refractivity contribution in [2.45, 2.75) is 22.7 Å². The van der Waals surface area contributed by atoms with Gasteiger partial charge < -0.3 is 14.1 Å². The summed E-state index contributed by atoms with van der Waals surface area (Å²) in [5, 5.41) is 0. The van der Waals surface area contributed by atoms with E-state index in [1.807, 2.05) is 36.2 Å². The number of halogens is 1. The van der Waals surface area contributed by atoms with Crippen LogP contribution in [-0.4, -0.2) is 58.4 Å². The number of hydrogen-bond acceptors (Lipinski definition) is 7. The van der Waals surface area contributed by atoms with Crippen molar-refractivity contribution in [3.63, 3.8) is 0 Å². The van der Waals surface area contributed by atoms with E-state index >= 15 is 0 Å². The maximum absolute atomic E-state index is 14.8. The van der Waals surface area contributed by atoms with E-state index in [1.54, 1.807) is 38.6 Å². The number of carbonyl (C=O) groups excluding carboxylic acids is 2. The number of methoxy groups -OCH3 is 1. The maximum Gasteiger partial charge on any atom is 0.254 e. The van der Waals surface area contributed by atoms with Crippen LogP contribution in [0.5, 0.6) is 5.75 Å². The second-order valence-corrected chi connectivity index (χ2v) is 11.4. The fourth-order valence-electron chi connectivity index (χ4n) is 6.22. The molecule has 2 fully saturated rings. The number of likely N-dealkylation sites (tertiary alicyclic amines) is 1. The molecule has 0 bridgehead atoms. The molecule has 0 aliphatic carbocycles. The first kappa shape index (κ1) is 24.1. The topological polar surface area (TPSA) is 66.2 Å². The van der Waals surface area contributed by atoms with Crippen molar-refractivity contribution in [3.05, 3.63) is 83.6 Å². The highest BCUT2D eigenvalue weighted by Gasteiger charge is 2.78. The minimum atomic E-state index is -1.48. The number of benzene rings is 2. The first-order valence-corrected chi connectivity index (χ1v) is 13.0. The summed E-state index contributed by atoms with van der Waals surface area (Å²) >= 11 is 7.00. The van der Waals surface area contributed by atoms with Gasteiger partial charge in [-0.25, -0.2) is 4.39 Å². The Hall–Kier alpha value is -3.21. The maximum atomic E-state index is 14.8. The third-order valence-electron chi connectivity index (χ3n) is 7.80. The fourth-order valence-corrected chi connectivity index (χ4v) is 8.35. The van der Waals surface area contributed by atoms with Gasteiger partial charge in [-0.3, -0.25) is 19.4 Å². The SMILES string of the molecule is COc1cccc([C@H]2CN(C)[C@]3(C(=O)N(C)c4ccc(F)cc43)[C@]23SC(=S)N(Cc2ccco2)C3=O)c1. The van der Waals surface area contributed by atoms with Gasteiger partial charge in [0.05, 0.1) is 19.9 Å². The molecule has 6 rings (SSSR count). The number of thiocarbonyl (C=S) groups is 1. The quantitative estimate of drug-likeness (QED) is 0.464. The van der Waals surface area contributed by atoms with Gasteiger partial charge in [0.25, 0.3) is 5.91 Å². The molecule has 2 aromatic carbocycles. The molecule has 10 heteroatoms. The van der Waals surface area contributed by atoms with E-state index in [9.17, 15) is 14.0 Å². The van der Waals surface area contributed by atoms with Gasteiger partial charge in [-0.2, -0.15) is 0 Å². The summed E-state index contributed by atoms with van der Waals surface area (Å²) < 4.78 is 24.7. The van der Waals surface area contributed by atoms with Gasteiger partial charge in [0.2, 0.25) is 5.91 Å². The Kier molecular flexibility index (Phi) is 5.48. The summed E-state index contributed by atoms with van der Waals surface area (Å²) in [4.78, 5) is 34.0. The summed E-state index contributed by atoms with van der Waals surface area (Å²) in [6.07, 6.45) is 1.54. The average molecular weight is 538 g/mol. The van der Waals surface area contributed by atoms with E-state index < -0.39 is 22.0 Å². The van der Waals surface area contributed by atoms with Crippen molar-refractivity contribution >= 4 is 45.8 Å². The highest BCUT2D eigenvalue weighted by atomic mass is 32.2. The standard InChI is InChI=1S/C27H24FN3O4S2/c1-29-15-21(16-6-4-7-18(12-16)34-3)27(24(33)31(25(36)37-27)14-19-8-5-11-35-19)26(29)20-13-17(28)9-10-22(20)30(2)23(26)32/h4-13,21H,14-15H2,1-3H3/t21-,26-,27+/m1/s1. The number of hydrogen-bond donors (Lipinski definition) is 0. The number of anilines is 1. The van der Waals surface area contributed by atoms with Gasteiger partial charge in [0.1, 0.15) is 26.4 Å². The molecular formula is C27H24FN3O4S2. The van der Waals surface area contributed by atoms with Gasteiger partial charge in [0.15, 0.2) is 5.54 Å². The smallest absolute Gasteiger partial charge is 0.254 e. The normalized spacial score (nSPS) is 27.2. The molecule has 4 heterocycles. The lowest BCUT2D eigenvalue weighted by Crippen LogP contribution is -2.62. The highest BCUT2D eigenvalue weighted by molar-refractivity contribution is 8.25. The zero-order valence-corrected chi connectivity index (χ0v) is 22.1. The first-order chi connectivity index (χ1) is 17.8. The monoisotopic (exact) mass is 537 g/mol. The van der Waals surface area contributed by atoms with Gasteiger partial charge in [-0.05, 0) is 55.1 Å². The number of ether oxygens (including phenoxy) is 1. The molecule has 2 spiro atoms. The summed E-state index contributed by atoms with van der Waals surface area (Å²) in [5.74, 6) is -0.285. The summed E-state index contributed by atoms with van der Waals surface area (Å²) in [6.45, 7) is 0.517. The van der Waals surface area contributed by atoms with Crippen LogP contribution in [0.4, 0.5) is 10.1 Å². The fraction of sp³-hybridized carbons (Fsp3) is 0.296. The Morgan fingerprint density at radius 1 is 1.14 bits per heavy atom. The zero-order chi connectivity index (χ0) is 26.1. The number of thioether (sulfide) groups is 1. The van der Waals surface area contributed by atoms with Crippen LogP contribution >= 0.6 is 24.0 Å². The summed E-state index contributed by atoms with van der Waals surface area (Å²) in [5.41, 5.74) is 0.410. The molecule has 2 saturated heterocycles. The Labute approximate surface area is 223 Å². The molecular weight excluding hydrogens is 513 g/mol. The van der Waals surface area contributed by atoms with Crippen molar-refractivity contribution in [3.8, 4) is 5.75 Å². The van der Waals surface area contributed by atoms with Gasteiger partial charge in [-0.1, -0.05) is 36.1 Å². The molecule has 3 aliphatic rings. The second kappa shape index (κ2) is 8.41. The van der Waals surface area contributed by atoms with Crippen molar-refractivity contribution < 1.29 is 23.1 Å². The van der Waals surface area contributed by atoms with Crippen LogP contribution in [0, 0.1) is 5.82 Å². The van der Waals surface area contributed by atoms with E-state index in [1.165, 1.54) is 33.7 Å². The van der Waals surface area contributed by atoms with Crippen LogP contribution in [0.15, 0.2) is 65.3 Å². The highest BCUT2D eigenvalue weighted by Crippen LogP contribution is 2.66. The predicted molar refractivity (Wildman–Crippen MR) is 142 cm³/mol. The third-order valence-corrected chi connectivity index (χ3v) is 9.74. The summed E-state index contributed by atoms with van der Waals surface area (Å²) in [6, 6.07) is 15.4. The molecule has 1 aromatic heterocycles. The lowest BCUT2D eigenvalue weighted by Gasteiger charge is -2.42. The van der Waals surface area contributed by atoms with Crippen LogP contribution in [0.3, 0.4) is 0 Å². The molecule has 3 aliphatic heterocycles. The average Bonchev–Trinajstić information content (AvgIpc) is 3.61. The van der Waals surface area contributed by atoms with Crippen molar-refractivity contribution in [1.29, 1.82) is 0 Å². The van der Waals surface area contributed by atoms with Gasteiger partial charge >= 0.3 is 0 Å². The molecule has 0 saturated carbocycles. The number of rotatable bonds is 4. The Bertz CT molecular complexity index is 1450. The minimum absolute atomic E-state index is 0.143. The number of amides is 2. The van der Waals surface area contributed by atoms with Crippen LogP contribution in [0.2, 0.25) is 0 Å². The van der Waals surface area contributed by atoms with Crippen LogP contribution in [0.1, 0.15) is 22.8 Å². The van der Waals surface area contributed by atoms with Gasteiger partial charge in [0, 0.05) is 30.8 Å². The van der Waals surface area contributed by atoms with Crippen LogP contribution in [-0.2, 0) is 21.7 Å². The number of likely N-dealkylation sites (N-methyl/N-ethyl adjacent to an activating group) is 2. The molecule has 37 heavy (non-hydrogen) atoms. The lowest BCUT2D eigenvalue weighted by atomic mass is 9.72. The van der Waals surface area contributed by atoms with Crippen LogP contribution in [0.25, 0.3) is 0 Å². The molecule has 0 N–H and O–H groups in total. The molecule has 7 nitrogen and oxygen atoms in total. The second-order valence-electron chi connectivity index (χ2n) is 9.52. The van der Waals surface area contributed by atoms with E-state index in [-0.39, 0.29) is 18.4 Å². The molecule has 3 aromatic rings. The molecule has 0 unspecified atom stereocenters. The first-order valence-electron chi connectivity index (χ1n) is 11.8. The molecule has 190 valence electrons. The minimum Gasteiger partial charge on any atom is -0.497 e. The van der Waals surface area contributed by atoms with E-state index in [2.05, 4.69) is 0 Å². The third kappa shape index (κ3) is 3.06. The zero-order valence-electron chi connectivity index (χ0n) is 20.4. The van der Waals surface area contributed by atoms with Crippen molar-refractivity contribution in [1.82, 2.24) is 9.80 Å². The predicted octanol–water partition coefficient (Wildman–Crippen LogP) is 4.13. The van der Waals surface area contributed by atoms with Gasteiger partial charge in [-0.15, -0.1) is 0 Å². The van der Waals surface area contributed by atoms with E-state index in [4.69, 9.17) is 21.4 Å². The Balaban J connectivity index is 1.62. The summed E-state index contributed by atoms with van der Waals surface area (Å²) in [7, 11) is 5.07. The van der Waals surface area contributed by atoms with Crippen LogP contribution < -0.4 is 9.64 Å². The molecule has 2 amide bonds. The number of nitrogens with zero attached hydrogens (tertiary/aromatic N) is 3. The number of furan rings is 1. The number of carbonyl (C=O) groups is 2. The van der Waals surface area contributed by atoms with Crippen molar-refractivity contribution in [2.75, 3.05) is 32.6 Å². The van der Waals surface area contributed by atoms with E-state index in [0.717, 1.165) is 5.56 Å². The molecule has 3 atom stereocenters. The molecule has 0 radical (unpaired) electrons. The lowest BCUT2D eigenvalue weighted by molar-refractivity contribution is -0.139. The Morgan fingerprint density at radius 3 is 2.68 bits per heavy atom. The van der Waals surface area contributed by atoms with E-state index in [0.29, 0.717) is 33.6 Å².